The van der Waals surface area contributed by atoms with E-state index in [1.54, 1.807) is 0 Å². The number of unbranched alkanes of at least 4 members (excludes halogenated alkanes) is 19. The maximum absolute atomic E-state index is 12.5. The first-order valence-electron chi connectivity index (χ1n) is 17.9. The molecule has 4 atom stereocenters. The Hall–Kier alpha value is -1.86. The van der Waals surface area contributed by atoms with Gasteiger partial charge in [-0.2, -0.15) is 0 Å². The Morgan fingerprint density at radius 3 is 1.79 bits per heavy atom. The van der Waals surface area contributed by atoms with E-state index in [0.717, 1.165) is 36.1 Å². The summed E-state index contributed by atoms with van der Waals surface area (Å²) in [5.74, 6) is -0.460. The van der Waals surface area contributed by atoms with Gasteiger partial charge in [-0.3, -0.25) is 23.7 Å². The predicted octanol–water partition coefficient (Wildman–Crippen LogP) is 5.23. The molecular formula is C33H60N3O10P. The van der Waals surface area contributed by atoms with E-state index >= 15 is 0 Å². The SMILES string of the molecule is CCCCCCCCCCCCCCCCCCCCCCNC(=O)CO[C@@H]1[C@H](OP(=O)(O)O)[C@@H](CO)O[C@H]1n1ccc(=O)[nH]c1=O. The highest BCUT2D eigenvalue weighted by atomic mass is 31.2. The third-order valence-electron chi connectivity index (χ3n) is 8.61. The molecule has 2 heterocycles. The average molecular weight is 690 g/mol. The molecule has 0 saturated carbocycles. The van der Waals surface area contributed by atoms with E-state index in [9.17, 15) is 33.8 Å². The Morgan fingerprint density at radius 1 is 0.851 bits per heavy atom. The maximum Gasteiger partial charge on any atom is 0.470 e. The summed E-state index contributed by atoms with van der Waals surface area (Å²) in [5.41, 5.74) is -1.53. The number of hydrogen-bond donors (Lipinski definition) is 5. The summed E-state index contributed by atoms with van der Waals surface area (Å²) in [6, 6.07) is 1.06. The van der Waals surface area contributed by atoms with Gasteiger partial charge in [-0.15, -0.1) is 0 Å². The van der Waals surface area contributed by atoms with Crippen molar-refractivity contribution in [2.45, 2.75) is 160 Å². The number of rotatable bonds is 28. The highest BCUT2D eigenvalue weighted by molar-refractivity contribution is 7.46. The minimum absolute atomic E-state index is 0.451. The van der Waals surface area contributed by atoms with Gasteiger partial charge in [0.2, 0.25) is 5.91 Å². The molecule has 13 nitrogen and oxygen atoms in total. The zero-order chi connectivity index (χ0) is 34.3. The number of phosphoric ester groups is 1. The van der Waals surface area contributed by atoms with Gasteiger partial charge >= 0.3 is 13.5 Å². The van der Waals surface area contributed by atoms with Gasteiger partial charge in [-0.1, -0.05) is 129 Å². The predicted molar refractivity (Wildman–Crippen MR) is 180 cm³/mol. The minimum atomic E-state index is -5.06. The number of aliphatic hydroxyl groups is 1. The van der Waals surface area contributed by atoms with Crippen LogP contribution < -0.4 is 16.6 Å². The van der Waals surface area contributed by atoms with Crippen LogP contribution in [0.15, 0.2) is 21.9 Å². The van der Waals surface area contributed by atoms with Crippen molar-refractivity contribution < 1.29 is 38.3 Å². The van der Waals surface area contributed by atoms with Gasteiger partial charge in [-0.25, -0.2) is 9.36 Å². The van der Waals surface area contributed by atoms with Crippen LogP contribution in [0.3, 0.4) is 0 Å². The van der Waals surface area contributed by atoms with Crippen LogP contribution >= 0.6 is 7.82 Å². The van der Waals surface area contributed by atoms with Crippen LogP contribution in [0, 0.1) is 0 Å². The third-order valence-corrected chi connectivity index (χ3v) is 9.13. The molecule has 1 aliphatic heterocycles. The van der Waals surface area contributed by atoms with E-state index in [-0.39, 0.29) is 0 Å². The zero-order valence-corrected chi connectivity index (χ0v) is 29.2. The number of aromatic nitrogens is 2. The molecular weight excluding hydrogens is 629 g/mol. The monoisotopic (exact) mass is 689 g/mol. The van der Waals surface area contributed by atoms with Crippen molar-refractivity contribution in [3.63, 3.8) is 0 Å². The van der Waals surface area contributed by atoms with Crippen molar-refractivity contribution in [3.05, 3.63) is 33.1 Å². The number of amides is 1. The van der Waals surface area contributed by atoms with Crippen molar-refractivity contribution in [1.29, 1.82) is 0 Å². The van der Waals surface area contributed by atoms with Crippen LogP contribution in [0.25, 0.3) is 0 Å². The molecule has 0 unspecified atom stereocenters. The Labute approximate surface area is 279 Å². The fourth-order valence-corrected chi connectivity index (χ4v) is 6.57. The molecule has 5 N–H and O–H groups in total. The summed E-state index contributed by atoms with van der Waals surface area (Å²) in [5, 5.41) is 12.5. The number of aliphatic hydroxyl groups excluding tert-OH is 1. The topological polar surface area (TPSA) is 189 Å². The van der Waals surface area contributed by atoms with Gasteiger partial charge in [0, 0.05) is 18.8 Å². The van der Waals surface area contributed by atoms with Crippen molar-refractivity contribution in [1.82, 2.24) is 14.9 Å². The Kier molecular flexibility index (Phi) is 21.4. The molecule has 1 aliphatic rings. The molecule has 2 rings (SSSR count). The van der Waals surface area contributed by atoms with Crippen LogP contribution in [0.1, 0.15) is 142 Å². The van der Waals surface area contributed by atoms with Gasteiger partial charge in [0.25, 0.3) is 5.56 Å². The fraction of sp³-hybridized carbons (Fsp3) is 0.848. The number of carbonyl (C=O) groups excluding carboxylic acids is 1. The molecule has 0 spiro atoms. The maximum atomic E-state index is 12.5. The molecule has 272 valence electrons. The summed E-state index contributed by atoms with van der Waals surface area (Å²) < 4.78 is 28.6. The van der Waals surface area contributed by atoms with E-state index in [4.69, 9.17) is 14.0 Å². The third kappa shape index (κ3) is 17.9. The number of ether oxygens (including phenoxy) is 2. The van der Waals surface area contributed by atoms with Crippen LogP contribution in [0.2, 0.25) is 0 Å². The molecule has 47 heavy (non-hydrogen) atoms. The van der Waals surface area contributed by atoms with Crippen LogP contribution in [-0.2, 0) is 23.4 Å². The molecule has 0 radical (unpaired) electrons. The van der Waals surface area contributed by atoms with E-state index < -0.39 is 62.7 Å². The molecule has 0 bridgehead atoms. The standard InChI is InChI=1S/C33H60N3O10P/c1-2-3-4-5-6-7-8-9-10-11-12-13-14-15-16-17-18-19-20-21-23-34-29(39)26-44-31-30(46-47(41,42)43)27(25-37)45-32(31)36-24-22-28(38)35-33(36)40/h22,24,27,30-32,37H,2-21,23,25-26H2,1H3,(H,34,39)(H,35,38,40)(H2,41,42,43)/t27-,30-,31-,32-/m1/s1. The highest BCUT2D eigenvalue weighted by Crippen LogP contribution is 2.44. The number of carbonyl (C=O) groups is 1. The van der Waals surface area contributed by atoms with Crippen LogP contribution in [0.5, 0.6) is 0 Å². The first kappa shape index (κ1) is 41.3. The second kappa shape index (κ2) is 24.3. The molecule has 14 heteroatoms. The summed E-state index contributed by atoms with van der Waals surface area (Å²) in [7, 11) is -5.06. The number of hydrogen-bond acceptors (Lipinski definition) is 8. The summed E-state index contributed by atoms with van der Waals surface area (Å²) in [6.07, 6.45) is 21.5. The van der Waals surface area contributed by atoms with E-state index in [0.29, 0.717) is 6.54 Å². The summed E-state index contributed by atoms with van der Waals surface area (Å²) >= 11 is 0. The molecule has 1 aromatic rings. The van der Waals surface area contributed by atoms with E-state index in [1.807, 2.05) is 0 Å². The second-order valence-corrected chi connectivity index (χ2v) is 13.9. The molecule has 1 amide bonds. The van der Waals surface area contributed by atoms with Crippen LogP contribution in [0.4, 0.5) is 0 Å². The normalized spacial score (nSPS) is 19.7. The van der Waals surface area contributed by atoms with Gasteiger partial charge in [0.05, 0.1) is 6.61 Å². The number of phosphoric acid groups is 1. The lowest BCUT2D eigenvalue weighted by atomic mass is 10.0. The lowest BCUT2D eigenvalue weighted by Crippen LogP contribution is -2.42. The van der Waals surface area contributed by atoms with E-state index in [2.05, 4.69) is 17.2 Å². The highest BCUT2D eigenvalue weighted by Gasteiger charge is 2.50. The molecule has 1 fully saturated rings. The summed E-state index contributed by atoms with van der Waals surface area (Å²) in [4.78, 5) is 57.1. The lowest BCUT2D eigenvalue weighted by Gasteiger charge is -2.24. The second-order valence-electron chi connectivity index (χ2n) is 12.7. The van der Waals surface area contributed by atoms with Crippen molar-refractivity contribution in [3.8, 4) is 0 Å². The number of nitrogens with one attached hydrogen (secondary N) is 2. The van der Waals surface area contributed by atoms with Gasteiger partial charge in [0.1, 0.15) is 24.9 Å². The molecule has 1 saturated heterocycles. The van der Waals surface area contributed by atoms with Crippen LogP contribution in [-0.4, -0.2) is 68.4 Å². The largest absolute Gasteiger partial charge is 0.470 e. The summed E-state index contributed by atoms with van der Waals surface area (Å²) in [6.45, 7) is 1.51. The first-order valence-corrected chi connectivity index (χ1v) is 19.4. The van der Waals surface area contributed by atoms with Gasteiger partial charge in [0.15, 0.2) is 6.23 Å². The molecule has 0 aliphatic carbocycles. The fourth-order valence-electron chi connectivity index (χ4n) is 6.00. The number of H-pyrrole nitrogens is 1. The minimum Gasteiger partial charge on any atom is -0.394 e. The van der Waals surface area contributed by atoms with Crippen molar-refractivity contribution in [2.24, 2.45) is 0 Å². The molecule has 0 aromatic carbocycles. The molecule has 1 aromatic heterocycles. The average Bonchev–Trinajstić information content (AvgIpc) is 3.35. The van der Waals surface area contributed by atoms with Crippen molar-refractivity contribution in [2.75, 3.05) is 19.8 Å². The number of nitrogens with zero attached hydrogens (tertiary/aromatic N) is 1. The van der Waals surface area contributed by atoms with Gasteiger partial charge < -0.3 is 29.7 Å². The van der Waals surface area contributed by atoms with Crippen molar-refractivity contribution >= 4 is 13.7 Å². The first-order chi connectivity index (χ1) is 22.7. The lowest BCUT2D eigenvalue weighted by molar-refractivity contribution is -0.132. The number of aromatic amines is 1. The van der Waals surface area contributed by atoms with Gasteiger partial charge in [-0.05, 0) is 6.42 Å². The Morgan fingerprint density at radius 2 is 1.34 bits per heavy atom. The zero-order valence-electron chi connectivity index (χ0n) is 28.3. The Bertz CT molecular complexity index is 1140. The quantitative estimate of drug-likeness (QED) is 0.0576. The Balaban J connectivity index is 1.54. The smallest absolute Gasteiger partial charge is 0.394 e. The van der Waals surface area contributed by atoms with E-state index in [1.165, 1.54) is 109 Å².